The van der Waals surface area contributed by atoms with E-state index in [2.05, 4.69) is 5.32 Å². The monoisotopic (exact) mass is 361 g/mol. The van der Waals surface area contributed by atoms with E-state index in [-0.39, 0.29) is 12.3 Å². The highest BCUT2D eigenvalue weighted by atomic mass is 35.5. The van der Waals surface area contributed by atoms with Crippen LogP contribution in [0.2, 0.25) is 5.02 Å². The van der Waals surface area contributed by atoms with E-state index >= 15 is 0 Å². The molecule has 0 aromatic heterocycles. The van der Waals surface area contributed by atoms with Crippen LogP contribution in [0.3, 0.4) is 0 Å². The molecule has 5 nitrogen and oxygen atoms in total. The van der Waals surface area contributed by atoms with Crippen molar-refractivity contribution in [2.45, 2.75) is 19.8 Å². The lowest BCUT2D eigenvalue weighted by molar-refractivity contribution is -0.115. The van der Waals surface area contributed by atoms with Crippen molar-refractivity contribution in [1.29, 1.82) is 0 Å². The Labute approximate surface area is 151 Å². The molecule has 1 aliphatic rings. The van der Waals surface area contributed by atoms with E-state index in [0.29, 0.717) is 42.0 Å². The first-order valence-corrected chi connectivity index (χ1v) is 8.64. The molecule has 0 spiro atoms. The zero-order valence-electron chi connectivity index (χ0n) is 14.0. The summed E-state index contributed by atoms with van der Waals surface area (Å²) >= 11 is 6.26. The molecular formula is C19H20ClNO4. The first-order valence-electron chi connectivity index (χ1n) is 8.26. The van der Waals surface area contributed by atoms with Gasteiger partial charge in [-0.15, -0.1) is 0 Å². The number of amides is 1. The maximum Gasteiger partial charge on any atom is 0.228 e. The number of carbonyl (C=O) groups is 1. The van der Waals surface area contributed by atoms with Crippen molar-refractivity contribution in [3.05, 3.63) is 47.0 Å². The Morgan fingerprint density at radius 2 is 1.96 bits per heavy atom. The minimum absolute atomic E-state index is 0.130. The second-order valence-corrected chi connectivity index (χ2v) is 6.04. The third kappa shape index (κ3) is 4.57. The van der Waals surface area contributed by atoms with Crippen molar-refractivity contribution in [3.8, 4) is 17.2 Å². The van der Waals surface area contributed by atoms with Gasteiger partial charge in [-0.05, 0) is 48.9 Å². The van der Waals surface area contributed by atoms with E-state index in [9.17, 15) is 4.79 Å². The van der Waals surface area contributed by atoms with Crippen LogP contribution in [0.4, 0.5) is 5.69 Å². The minimum Gasteiger partial charge on any atom is -0.494 e. The van der Waals surface area contributed by atoms with E-state index in [1.54, 1.807) is 6.07 Å². The van der Waals surface area contributed by atoms with Gasteiger partial charge in [-0.2, -0.15) is 0 Å². The number of halogens is 1. The van der Waals surface area contributed by atoms with Crippen LogP contribution < -0.4 is 19.5 Å². The predicted molar refractivity (Wildman–Crippen MR) is 97.0 cm³/mol. The van der Waals surface area contributed by atoms with Gasteiger partial charge in [0.25, 0.3) is 0 Å². The first-order chi connectivity index (χ1) is 12.2. The van der Waals surface area contributed by atoms with Crippen molar-refractivity contribution in [2.75, 3.05) is 25.1 Å². The van der Waals surface area contributed by atoms with E-state index < -0.39 is 0 Å². The van der Waals surface area contributed by atoms with Crippen LogP contribution in [0, 0.1) is 0 Å². The van der Waals surface area contributed by atoms with Crippen molar-refractivity contribution < 1.29 is 19.0 Å². The normalized spacial score (nSPS) is 13.0. The molecule has 1 heterocycles. The zero-order valence-corrected chi connectivity index (χ0v) is 14.8. The summed E-state index contributed by atoms with van der Waals surface area (Å²) in [4.78, 5) is 12.3. The minimum atomic E-state index is -0.130. The maximum atomic E-state index is 12.3. The van der Waals surface area contributed by atoms with Crippen LogP contribution in [-0.4, -0.2) is 25.7 Å². The van der Waals surface area contributed by atoms with Crippen LogP contribution in [0.5, 0.6) is 17.2 Å². The molecule has 0 bridgehead atoms. The number of nitrogens with one attached hydrogen (secondary N) is 1. The van der Waals surface area contributed by atoms with Gasteiger partial charge in [0.05, 0.1) is 31.3 Å². The molecule has 0 unspecified atom stereocenters. The Morgan fingerprint density at radius 3 is 2.72 bits per heavy atom. The third-order valence-electron chi connectivity index (χ3n) is 3.68. The SMILES string of the molecule is CCOc1ccc(NC(=O)Cc2cc(Cl)c3c(c2)OCCCO3)cc1. The Hall–Kier alpha value is -2.40. The van der Waals surface area contributed by atoms with Crippen LogP contribution in [0.25, 0.3) is 0 Å². The first kappa shape index (κ1) is 17.4. The Kier molecular flexibility index (Phi) is 5.66. The van der Waals surface area contributed by atoms with Crippen LogP contribution >= 0.6 is 11.6 Å². The summed E-state index contributed by atoms with van der Waals surface area (Å²) < 4.78 is 16.6. The fraction of sp³-hybridized carbons (Fsp3) is 0.316. The molecule has 2 aromatic carbocycles. The second kappa shape index (κ2) is 8.12. The molecule has 25 heavy (non-hydrogen) atoms. The zero-order chi connectivity index (χ0) is 17.6. The van der Waals surface area contributed by atoms with E-state index in [1.807, 2.05) is 37.3 Å². The molecule has 2 aromatic rings. The van der Waals surface area contributed by atoms with Gasteiger partial charge in [0.15, 0.2) is 11.5 Å². The number of anilines is 1. The van der Waals surface area contributed by atoms with E-state index in [1.165, 1.54) is 0 Å². The molecular weight excluding hydrogens is 342 g/mol. The van der Waals surface area contributed by atoms with E-state index in [4.69, 9.17) is 25.8 Å². The summed E-state index contributed by atoms with van der Waals surface area (Å²) in [5.41, 5.74) is 1.49. The molecule has 1 amide bonds. The Bertz CT molecular complexity index is 746. The molecule has 0 radical (unpaired) electrons. The maximum absolute atomic E-state index is 12.3. The lowest BCUT2D eigenvalue weighted by Gasteiger charge is -2.12. The Morgan fingerprint density at radius 1 is 1.20 bits per heavy atom. The van der Waals surface area contributed by atoms with Gasteiger partial charge < -0.3 is 19.5 Å². The molecule has 1 aliphatic heterocycles. The van der Waals surface area contributed by atoms with Gasteiger partial charge in [0.1, 0.15) is 5.75 Å². The molecule has 0 fully saturated rings. The topological polar surface area (TPSA) is 56.8 Å². The molecule has 1 N–H and O–H groups in total. The van der Waals surface area contributed by atoms with Gasteiger partial charge in [-0.3, -0.25) is 4.79 Å². The van der Waals surface area contributed by atoms with E-state index in [0.717, 1.165) is 17.7 Å². The van der Waals surface area contributed by atoms with Crippen LogP contribution in [-0.2, 0) is 11.2 Å². The number of hydrogen-bond acceptors (Lipinski definition) is 4. The number of benzene rings is 2. The van der Waals surface area contributed by atoms with Gasteiger partial charge >= 0.3 is 0 Å². The lowest BCUT2D eigenvalue weighted by atomic mass is 10.1. The number of carbonyl (C=O) groups excluding carboxylic acids is 1. The molecule has 0 aliphatic carbocycles. The summed E-state index contributed by atoms with van der Waals surface area (Å²) in [6, 6.07) is 10.8. The van der Waals surface area contributed by atoms with Gasteiger partial charge in [0, 0.05) is 12.1 Å². The molecule has 0 atom stereocenters. The molecule has 0 saturated carbocycles. The highest BCUT2D eigenvalue weighted by Gasteiger charge is 2.16. The fourth-order valence-electron chi connectivity index (χ4n) is 2.58. The average molecular weight is 362 g/mol. The van der Waals surface area contributed by atoms with Crippen LogP contribution in [0.1, 0.15) is 18.9 Å². The predicted octanol–water partition coefficient (Wildman–Crippen LogP) is 4.08. The summed E-state index contributed by atoms with van der Waals surface area (Å²) in [7, 11) is 0. The highest BCUT2D eigenvalue weighted by molar-refractivity contribution is 6.32. The summed E-state index contributed by atoms with van der Waals surface area (Å²) in [5.74, 6) is 1.79. The molecule has 132 valence electrons. The fourth-order valence-corrected chi connectivity index (χ4v) is 2.87. The quantitative estimate of drug-likeness (QED) is 0.871. The standard InChI is InChI=1S/C19H20ClNO4/c1-2-23-15-6-4-14(5-7-15)21-18(22)12-13-10-16(20)19-17(11-13)24-8-3-9-25-19/h4-7,10-11H,2-3,8-9,12H2,1H3,(H,21,22). The number of ether oxygens (including phenoxy) is 3. The smallest absolute Gasteiger partial charge is 0.228 e. The Balaban J connectivity index is 1.66. The summed E-state index contributed by atoms with van der Waals surface area (Å²) in [6.07, 6.45) is 1.00. The molecule has 0 saturated heterocycles. The van der Waals surface area contributed by atoms with Gasteiger partial charge in [0.2, 0.25) is 5.91 Å². The summed E-state index contributed by atoms with van der Waals surface area (Å²) in [5, 5.41) is 3.32. The highest BCUT2D eigenvalue weighted by Crippen LogP contribution is 2.38. The molecule has 3 rings (SSSR count). The van der Waals surface area contributed by atoms with Crippen molar-refractivity contribution in [1.82, 2.24) is 0 Å². The number of fused-ring (bicyclic) bond motifs is 1. The van der Waals surface area contributed by atoms with Gasteiger partial charge in [-0.1, -0.05) is 11.6 Å². The second-order valence-electron chi connectivity index (χ2n) is 5.64. The van der Waals surface area contributed by atoms with Crippen LogP contribution in [0.15, 0.2) is 36.4 Å². The van der Waals surface area contributed by atoms with Crippen molar-refractivity contribution >= 4 is 23.2 Å². The van der Waals surface area contributed by atoms with Crippen molar-refractivity contribution in [2.24, 2.45) is 0 Å². The largest absolute Gasteiger partial charge is 0.494 e. The number of rotatable bonds is 5. The van der Waals surface area contributed by atoms with Gasteiger partial charge in [-0.25, -0.2) is 0 Å². The molecule has 6 heteroatoms. The van der Waals surface area contributed by atoms with Crippen molar-refractivity contribution in [3.63, 3.8) is 0 Å². The number of hydrogen-bond donors (Lipinski definition) is 1. The third-order valence-corrected chi connectivity index (χ3v) is 3.96. The lowest BCUT2D eigenvalue weighted by Crippen LogP contribution is -2.14. The average Bonchev–Trinajstić information content (AvgIpc) is 2.82. The summed E-state index contributed by atoms with van der Waals surface area (Å²) in [6.45, 7) is 3.68.